The number of halogens is 1. The lowest BCUT2D eigenvalue weighted by Gasteiger charge is -1.95. The molecule has 0 spiro atoms. The number of aryl methyl sites for hydroxylation is 1. The van der Waals surface area contributed by atoms with E-state index in [-0.39, 0.29) is 4.90 Å². The molecule has 0 fully saturated rings. The predicted octanol–water partition coefficient (Wildman–Crippen LogP) is 1.98. The molecule has 1 aromatic carbocycles. The number of aromatic nitrogens is 2. The standard InChI is InChI=1S/C9H9ClN2O2S/c1-2-12-6-7-8(11-12)4-3-5-9(7)15(10,13)14/h3-6H,2H2,1H3. The van der Waals surface area contributed by atoms with Gasteiger partial charge < -0.3 is 0 Å². The molecule has 0 atom stereocenters. The third-order valence-corrected chi connectivity index (χ3v) is 3.52. The lowest BCUT2D eigenvalue weighted by Crippen LogP contribution is -1.92. The van der Waals surface area contributed by atoms with E-state index in [0.29, 0.717) is 17.4 Å². The van der Waals surface area contributed by atoms with Gasteiger partial charge in [0.15, 0.2) is 0 Å². The van der Waals surface area contributed by atoms with Crippen molar-refractivity contribution in [1.82, 2.24) is 9.78 Å². The van der Waals surface area contributed by atoms with Gasteiger partial charge in [0.25, 0.3) is 9.05 Å². The van der Waals surface area contributed by atoms with Crippen LogP contribution < -0.4 is 0 Å². The summed E-state index contributed by atoms with van der Waals surface area (Å²) < 4.78 is 24.2. The lowest BCUT2D eigenvalue weighted by molar-refractivity contribution is 0.610. The van der Waals surface area contributed by atoms with Crippen LogP contribution in [0.4, 0.5) is 0 Å². The Labute approximate surface area is 91.9 Å². The number of nitrogens with zero attached hydrogens (tertiary/aromatic N) is 2. The summed E-state index contributed by atoms with van der Waals surface area (Å²) in [6.45, 7) is 2.62. The Bertz CT molecular complexity index is 604. The normalized spacial score (nSPS) is 12.1. The minimum Gasteiger partial charge on any atom is -0.272 e. The van der Waals surface area contributed by atoms with Crippen molar-refractivity contribution in [2.75, 3.05) is 0 Å². The molecule has 0 amide bonds. The summed E-state index contributed by atoms with van der Waals surface area (Å²) in [6, 6.07) is 4.87. The zero-order chi connectivity index (χ0) is 11.1. The van der Waals surface area contributed by atoms with Gasteiger partial charge in [0, 0.05) is 28.8 Å². The summed E-state index contributed by atoms with van der Waals surface area (Å²) in [5, 5.41) is 4.76. The molecular weight excluding hydrogens is 236 g/mol. The Morgan fingerprint density at radius 2 is 2.20 bits per heavy atom. The van der Waals surface area contributed by atoms with E-state index in [0.717, 1.165) is 0 Å². The van der Waals surface area contributed by atoms with Crippen molar-refractivity contribution in [3.05, 3.63) is 24.4 Å². The molecule has 2 rings (SSSR count). The van der Waals surface area contributed by atoms with Crippen molar-refractivity contribution < 1.29 is 8.42 Å². The molecule has 0 saturated carbocycles. The quantitative estimate of drug-likeness (QED) is 0.759. The van der Waals surface area contributed by atoms with Gasteiger partial charge in [-0.3, -0.25) is 4.68 Å². The molecule has 1 heterocycles. The summed E-state index contributed by atoms with van der Waals surface area (Å²) in [5.41, 5.74) is 0.638. The molecule has 2 aromatic rings. The van der Waals surface area contributed by atoms with Crippen LogP contribution in [0, 0.1) is 0 Å². The maximum absolute atomic E-state index is 11.3. The maximum Gasteiger partial charge on any atom is 0.262 e. The summed E-state index contributed by atoms with van der Waals surface area (Å²) in [5.74, 6) is 0. The molecule has 4 nitrogen and oxygen atoms in total. The van der Waals surface area contributed by atoms with Crippen molar-refractivity contribution >= 4 is 30.6 Å². The highest BCUT2D eigenvalue weighted by Crippen LogP contribution is 2.24. The van der Waals surface area contributed by atoms with E-state index in [2.05, 4.69) is 5.10 Å². The van der Waals surface area contributed by atoms with Crippen LogP contribution in [0.2, 0.25) is 0 Å². The molecule has 0 N–H and O–H groups in total. The van der Waals surface area contributed by atoms with Gasteiger partial charge in [0.05, 0.1) is 10.4 Å². The largest absolute Gasteiger partial charge is 0.272 e. The molecule has 0 aliphatic rings. The van der Waals surface area contributed by atoms with Crippen LogP contribution in [0.1, 0.15) is 6.92 Å². The fourth-order valence-corrected chi connectivity index (χ4v) is 2.51. The average Bonchev–Trinajstić information content (AvgIpc) is 2.57. The Morgan fingerprint density at radius 1 is 1.47 bits per heavy atom. The fraction of sp³-hybridized carbons (Fsp3) is 0.222. The first kappa shape index (κ1) is 10.4. The molecule has 0 unspecified atom stereocenters. The molecular formula is C9H9ClN2O2S. The Morgan fingerprint density at radius 3 is 2.80 bits per heavy atom. The van der Waals surface area contributed by atoms with Crippen LogP contribution in [0.3, 0.4) is 0 Å². The van der Waals surface area contributed by atoms with Gasteiger partial charge in [0.2, 0.25) is 0 Å². The number of hydrogen-bond acceptors (Lipinski definition) is 3. The smallest absolute Gasteiger partial charge is 0.262 e. The van der Waals surface area contributed by atoms with Crippen molar-refractivity contribution in [2.45, 2.75) is 18.4 Å². The Hall–Kier alpha value is -1.07. The van der Waals surface area contributed by atoms with Crippen LogP contribution >= 0.6 is 10.7 Å². The Balaban J connectivity index is 2.81. The van der Waals surface area contributed by atoms with Crippen molar-refractivity contribution in [3.8, 4) is 0 Å². The van der Waals surface area contributed by atoms with E-state index in [4.69, 9.17) is 10.7 Å². The van der Waals surface area contributed by atoms with Gasteiger partial charge in [-0.1, -0.05) is 6.07 Å². The van der Waals surface area contributed by atoms with E-state index in [1.54, 1.807) is 23.0 Å². The predicted molar refractivity (Wildman–Crippen MR) is 58.4 cm³/mol. The van der Waals surface area contributed by atoms with E-state index < -0.39 is 9.05 Å². The highest BCUT2D eigenvalue weighted by Gasteiger charge is 2.15. The second kappa shape index (κ2) is 3.50. The second-order valence-electron chi connectivity index (χ2n) is 3.11. The van der Waals surface area contributed by atoms with Crippen LogP contribution in [-0.4, -0.2) is 18.2 Å². The molecule has 6 heteroatoms. The molecule has 15 heavy (non-hydrogen) atoms. The molecule has 0 aliphatic carbocycles. The molecule has 0 radical (unpaired) electrons. The van der Waals surface area contributed by atoms with Gasteiger partial charge >= 0.3 is 0 Å². The number of rotatable bonds is 2. The van der Waals surface area contributed by atoms with Crippen LogP contribution in [-0.2, 0) is 15.6 Å². The SMILES string of the molecule is CCn1cc2c(S(=O)(=O)Cl)cccc2n1. The third-order valence-electron chi connectivity index (χ3n) is 2.14. The number of hydrogen-bond donors (Lipinski definition) is 0. The monoisotopic (exact) mass is 244 g/mol. The van der Waals surface area contributed by atoms with Gasteiger partial charge in [-0.05, 0) is 19.1 Å². The Kier molecular flexibility index (Phi) is 2.44. The molecule has 0 bridgehead atoms. The van der Waals surface area contributed by atoms with Crippen molar-refractivity contribution in [3.63, 3.8) is 0 Å². The van der Waals surface area contributed by atoms with Crippen molar-refractivity contribution in [2.24, 2.45) is 0 Å². The summed E-state index contributed by atoms with van der Waals surface area (Å²) >= 11 is 0. The highest BCUT2D eigenvalue weighted by molar-refractivity contribution is 8.14. The fourth-order valence-electron chi connectivity index (χ4n) is 1.44. The van der Waals surface area contributed by atoms with Gasteiger partial charge in [0.1, 0.15) is 0 Å². The summed E-state index contributed by atoms with van der Waals surface area (Å²) in [6.07, 6.45) is 1.69. The maximum atomic E-state index is 11.3. The highest BCUT2D eigenvalue weighted by atomic mass is 35.7. The van der Waals surface area contributed by atoms with Gasteiger partial charge in [-0.2, -0.15) is 5.10 Å². The minimum absolute atomic E-state index is 0.112. The molecule has 1 aromatic heterocycles. The number of benzene rings is 1. The van der Waals surface area contributed by atoms with E-state index in [1.807, 2.05) is 6.92 Å². The zero-order valence-electron chi connectivity index (χ0n) is 8.01. The van der Waals surface area contributed by atoms with Crippen molar-refractivity contribution in [1.29, 1.82) is 0 Å². The lowest BCUT2D eigenvalue weighted by atomic mass is 10.3. The van der Waals surface area contributed by atoms with Crippen LogP contribution in [0.25, 0.3) is 10.9 Å². The first-order valence-electron chi connectivity index (χ1n) is 4.43. The topological polar surface area (TPSA) is 52.0 Å². The van der Waals surface area contributed by atoms with E-state index in [1.165, 1.54) is 6.07 Å². The zero-order valence-corrected chi connectivity index (χ0v) is 9.59. The van der Waals surface area contributed by atoms with E-state index >= 15 is 0 Å². The molecule has 80 valence electrons. The first-order valence-corrected chi connectivity index (χ1v) is 6.74. The van der Waals surface area contributed by atoms with Gasteiger partial charge in [-0.25, -0.2) is 8.42 Å². The minimum atomic E-state index is -3.71. The first-order chi connectivity index (χ1) is 7.02. The average molecular weight is 245 g/mol. The molecule has 0 aliphatic heterocycles. The molecule has 0 saturated heterocycles. The summed E-state index contributed by atoms with van der Waals surface area (Å²) in [7, 11) is 1.62. The van der Waals surface area contributed by atoms with Crippen LogP contribution in [0.5, 0.6) is 0 Å². The third kappa shape index (κ3) is 1.85. The van der Waals surface area contributed by atoms with Gasteiger partial charge in [-0.15, -0.1) is 0 Å². The number of fused-ring (bicyclic) bond motifs is 1. The van der Waals surface area contributed by atoms with Crippen LogP contribution in [0.15, 0.2) is 29.3 Å². The second-order valence-corrected chi connectivity index (χ2v) is 5.65. The summed E-state index contributed by atoms with van der Waals surface area (Å²) in [4.78, 5) is 0.112. The van der Waals surface area contributed by atoms with E-state index in [9.17, 15) is 8.42 Å².